The van der Waals surface area contributed by atoms with Crippen LogP contribution in [0.15, 0.2) is 24.3 Å². The Bertz CT molecular complexity index is 345. The van der Waals surface area contributed by atoms with Gasteiger partial charge in [0.15, 0.2) is 0 Å². The summed E-state index contributed by atoms with van der Waals surface area (Å²) in [7, 11) is 0. The highest BCUT2D eigenvalue weighted by atomic mass is 14.7. The second-order valence-corrected chi connectivity index (χ2v) is 4.45. The van der Waals surface area contributed by atoms with Gasteiger partial charge in [0.2, 0.25) is 0 Å². The van der Waals surface area contributed by atoms with Gasteiger partial charge in [0.1, 0.15) is 0 Å². The van der Waals surface area contributed by atoms with Gasteiger partial charge in [-0.1, -0.05) is 24.3 Å². The number of hydrogen-bond donors (Lipinski definition) is 1. The fraction of sp³-hybridized carbons (Fsp3) is 0.500. The second kappa shape index (κ2) is 2.36. The molecule has 0 heterocycles. The number of hydrogen-bond acceptors (Lipinski definition) is 1. The molecule has 2 N–H and O–H groups in total. The minimum atomic E-state index is 0.519. The average molecular weight is 173 g/mol. The van der Waals surface area contributed by atoms with Crippen molar-refractivity contribution in [1.82, 2.24) is 0 Å². The number of benzene rings is 1. The van der Waals surface area contributed by atoms with E-state index >= 15 is 0 Å². The Morgan fingerprint density at radius 1 is 1.38 bits per heavy atom. The predicted octanol–water partition coefficient (Wildman–Crippen LogP) is 1.85. The molecule has 2 aliphatic carbocycles. The summed E-state index contributed by atoms with van der Waals surface area (Å²) in [6.45, 7) is 0.869. The molecule has 68 valence electrons. The lowest BCUT2D eigenvalue weighted by Crippen LogP contribution is -2.12. The van der Waals surface area contributed by atoms with Crippen LogP contribution in [0, 0.1) is 5.92 Å². The Kier molecular flexibility index (Phi) is 1.37. The van der Waals surface area contributed by atoms with Crippen molar-refractivity contribution in [2.45, 2.75) is 24.7 Å². The molecule has 0 amide bonds. The Hall–Kier alpha value is -0.820. The van der Waals surface area contributed by atoms with E-state index in [1.54, 1.807) is 11.1 Å². The van der Waals surface area contributed by atoms with Gasteiger partial charge in [-0.25, -0.2) is 0 Å². The van der Waals surface area contributed by atoms with Crippen LogP contribution >= 0.6 is 0 Å². The number of aryl methyl sites for hydroxylation is 1. The SMILES string of the molecule is NCC1CC12CCc1ccccc12. The molecule has 1 heteroatoms. The molecule has 1 saturated carbocycles. The Morgan fingerprint density at radius 2 is 2.23 bits per heavy atom. The van der Waals surface area contributed by atoms with Crippen molar-refractivity contribution in [3.05, 3.63) is 35.4 Å². The third-order valence-corrected chi connectivity index (χ3v) is 3.91. The van der Waals surface area contributed by atoms with Crippen molar-refractivity contribution in [1.29, 1.82) is 0 Å². The molecular weight excluding hydrogens is 158 g/mol. The topological polar surface area (TPSA) is 26.0 Å². The molecule has 3 rings (SSSR count). The smallest absolute Gasteiger partial charge is 0.000288 e. The van der Waals surface area contributed by atoms with E-state index in [0.29, 0.717) is 5.41 Å². The molecule has 1 fully saturated rings. The lowest BCUT2D eigenvalue weighted by atomic mass is 9.95. The van der Waals surface area contributed by atoms with E-state index < -0.39 is 0 Å². The van der Waals surface area contributed by atoms with Crippen molar-refractivity contribution in [3.63, 3.8) is 0 Å². The Morgan fingerprint density at radius 3 is 3.00 bits per heavy atom. The van der Waals surface area contributed by atoms with E-state index in [1.807, 2.05) is 0 Å². The van der Waals surface area contributed by atoms with Crippen molar-refractivity contribution in [2.24, 2.45) is 11.7 Å². The van der Waals surface area contributed by atoms with Crippen molar-refractivity contribution < 1.29 is 0 Å². The summed E-state index contributed by atoms with van der Waals surface area (Å²) >= 11 is 0. The summed E-state index contributed by atoms with van der Waals surface area (Å²) in [6, 6.07) is 8.89. The van der Waals surface area contributed by atoms with Gasteiger partial charge in [0.25, 0.3) is 0 Å². The molecule has 13 heavy (non-hydrogen) atoms. The summed E-state index contributed by atoms with van der Waals surface area (Å²) in [4.78, 5) is 0. The zero-order chi connectivity index (χ0) is 8.89. The first-order chi connectivity index (χ1) is 6.37. The number of rotatable bonds is 1. The van der Waals surface area contributed by atoms with Gasteiger partial charge < -0.3 is 5.73 Å². The minimum absolute atomic E-state index is 0.519. The maximum absolute atomic E-state index is 5.75. The monoisotopic (exact) mass is 173 g/mol. The first kappa shape index (κ1) is 7.57. The molecule has 0 aromatic heterocycles. The van der Waals surface area contributed by atoms with Crippen molar-refractivity contribution in [3.8, 4) is 0 Å². The highest BCUT2D eigenvalue weighted by molar-refractivity contribution is 5.45. The van der Waals surface area contributed by atoms with Crippen LogP contribution in [0.4, 0.5) is 0 Å². The van der Waals surface area contributed by atoms with Crippen LogP contribution in [0.5, 0.6) is 0 Å². The van der Waals surface area contributed by atoms with E-state index in [4.69, 9.17) is 5.73 Å². The zero-order valence-corrected chi connectivity index (χ0v) is 7.79. The minimum Gasteiger partial charge on any atom is -0.330 e. The largest absolute Gasteiger partial charge is 0.330 e. The van der Waals surface area contributed by atoms with E-state index in [0.717, 1.165) is 12.5 Å². The van der Waals surface area contributed by atoms with Gasteiger partial charge in [-0.3, -0.25) is 0 Å². The summed E-state index contributed by atoms with van der Waals surface area (Å²) < 4.78 is 0. The summed E-state index contributed by atoms with van der Waals surface area (Å²) in [6.07, 6.45) is 3.95. The number of fused-ring (bicyclic) bond motifs is 2. The van der Waals surface area contributed by atoms with E-state index in [-0.39, 0.29) is 0 Å². The normalized spacial score (nSPS) is 35.0. The first-order valence-electron chi connectivity index (χ1n) is 5.15. The Labute approximate surface area is 78.9 Å². The van der Waals surface area contributed by atoms with Gasteiger partial charge in [-0.05, 0) is 42.9 Å². The molecule has 0 aliphatic heterocycles. The van der Waals surface area contributed by atoms with Crippen LogP contribution in [0.3, 0.4) is 0 Å². The third kappa shape index (κ3) is 0.856. The molecule has 2 unspecified atom stereocenters. The molecule has 1 aromatic carbocycles. The fourth-order valence-corrected chi connectivity index (χ4v) is 3.04. The number of nitrogens with two attached hydrogens (primary N) is 1. The lowest BCUT2D eigenvalue weighted by Gasteiger charge is -2.09. The first-order valence-corrected chi connectivity index (χ1v) is 5.15. The Balaban J connectivity index is 2.05. The summed E-state index contributed by atoms with van der Waals surface area (Å²) in [5, 5.41) is 0. The van der Waals surface area contributed by atoms with Crippen LogP contribution in [0.1, 0.15) is 24.0 Å². The lowest BCUT2D eigenvalue weighted by molar-refractivity contribution is 0.601. The molecule has 0 radical (unpaired) electrons. The standard InChI is InChI=1S/C12H15N/c13-8-10-7-12(10)6-5-9-3-1-2-4-11(9)12/h1-4,10H,5-8,13H2. The van der Waals surface area contributed by atoms with Crippen LogP contribution in [-0.4, -0.2) is 6.54 Å². The molecule has 0 saturated heterocycles. The van der Waals surface area contributed by atoms with Crippen LogP contribution in [0.2, 0.25) is 0 Å². The molecule has 1 aromatic rings. The average Bonchev–Trinajstić information content (AvgIpc) is 2.78. The van der Waals surface area contributed by atoms with E-state index in [2.05, 4.69) is 24.3 Å². The van der Waals surface area contributed by atoms with Crippen LogP contribution < -0.4 is 5.73 Å². The highest BCUT2D eigenvalue weighted by Crippen LogP contribution is 2.60. The van der Waals surface area contributed by atoms with Crippen LogP contribution in [-0.2, 0) is 11.8 Å². The van der Waals surface area contributed by atoms with Gasteiger partial charge in [-0.2, -0.15) is 0 Å². The predicted molar refractivity (Wildman–Crippen MR) is 53.6 cm³/mol. The molecule has 2 atom stereocenters. The summed E-state index contributed by atoms with van der Waals surface area (Å²) in [5.41, 5.74) is 9.43. The van der Waals surface area contributed by atoms with E-state index in [1.165, 1.54) is 19.3 Å². The molecule has 2 aliphatic rings. The quantitative estimate of drug-likeness (QED) is 0.689. The van der Waals surface area contributed by atoms with Crippen LogP contribution in [0.25, 0.3) is 0 Å². The van der Waals surface area contributed by atoms with Crippen molar-refractivity contribution in [2.75, 3.05) is 6.54 Å². The maximum atomic E-state index is 5.75. The van der Waals surface area contributed by atoms with E-state index in [9.17, 15) is 0 Å². The van der Waals surface area contributed by atoms with Gasteiger partial charge in [-0.15, -0.1) is 0 Å². The fourth-order valence-electron chi connectivity index (χ4n) is 3.04. The molecule has 0 bridgehead atoms. The summed E-state index contributed by atoms with van der Waals surface area (Å²) in [5.74, 6) is 0.774. The highest BCUT2D eigenvalue weighted by Gasteiger charge is 2.56. The second-order valence-electron chi connectivity index (χ2n) is 4.45. The third-order valence-electron chi connectivity index (χ3n) is 3.91. The molecule has 1 nitrogen and oxygen atoms in total. The zero-order valence-electron chi connectivity index (χ0n) is 7.79. The van der Waals surface area contributed by atoms with Gasteiger partial charge in [0.05, 0.1) is 0 Å². The van der Waals surface area contributed by atoms with Gasteiger partial charge >= 0.3 is 0 Å². The van der Waals surface area contributed by atoms with Gasteiger partial charge in [0, 0.05) is 5.41 Å². The van der Waals surface area contributed by atoms with Crippen molar-refractivity contribution >= 4 is 0 Å². The maximum Gasteiger partial charge on any atom is 0.000288 e. The molecular formula is C12H15N. The molecule has 1 spiro atoms.